The Balaban J connectivity index is 1.77. The van der Waals surface area contributed by atoms with Gasteiger partial charge in [0.2, 0.25) is 0 Å². The van der Waals surface area contributed by atoms with Crippen LogP contribution in [0, 0.1) is 11.7 Å². The molecule has 19 heavy (non-hydrogen) atoms. The van der Waals surface area contributed by atoms with E-state index in [1.807, 2.05) is 12.1 Å². The number of piperidine rings is 1. The van der Waals surface area contributed by atoms with E-state index in [4.69, 9.17) is 5.73 Å². The summed E-state index contributed by atoms with van der Waals surface area (Å²) < 4.78 is 13.0. The van der Waals surface area contributed by atoms with Crippen molar-refractivity contribution in [3.05, 3.63) is 35.6 Å². The molecule has 3 heteroatoms. The topological polar surface area (TPSA) is 29.3 Å². The lowest BCUT2D eigenvalue weighted by Crippen LogP contribution is -2.56. The van der Waals surface area contributed by atoms with E-state index in [1.54, 1.807) is 12.1 Å². The number of fused-ring (bicyclic) bond motifs is 2. The van der Waals surface area contributed by atoms with Gasteiger partial charge in [0.25, 0.3) is 0 Å². The predicted molar refractivity (Wildman–Crippen MR) is 75.4 cm³/mol. The molecule has 2 nitrogen and oxygen atoms in total. The average molecular weight is 262 g/mol. The van der Waals surface area contributed by atoms with E-state index in [9.17, 15) is 4.39 Å². The molecule has 1 saturated carbocycles. The van der Waals surface area contributed by atoms with Gasteiger partial charge in [-0.3, -0.25) is 4.90 Å². The summed E-state index contributed by atoms with van der Waals surface area (Å²) in [4.78, 5) is 2.62. The summed E-state index contributed by atoms with van der Waals surface area (Å²) in [5.41, 5.74) is 7.27. The van der Waals surface area contributed by atoms with Gasteiger partial charge < -0.3 is 5.73 Å². The van der Waals surface area contributed by atoms with Crippen LogP contribution in [0.25, 0.3) is 0 Å². The van der Waals surface area contributed by atoms with Crippen LogP contribution in [0.3, 0.4) is 0 Å². The molecule has 2 N–H and O–H groups in total. The molecule has 0 amide bonds. The molecule has 3 rings (SSSR count). The molecule has 2 bridgehead atoms. The van der Waals surface area contributed by atoms with Crippen molar-refractivity contribution in [1.29, 1.82) is 0 Å². The molecule has 104 valence electrons. The van der Waals surface area contributed by atoms with Crippen LogP contribution in [0.2, 0.25) is 0 Å². The van der Waals surface area contributed by atoms with E-state index in [-0.39, 0.29) is 11.4 Å². The first-order chi connectivity index (χ1) is 9.10. The third-order valence-electron chi connectivity index (χ3n) is 5.04. The highest BCUT2D eigenvalue weighted by molar-refractivity contribution is 5.20. The molecular formula is C16H23FN2. The number of hydrogen-bond donors (Lipinski definition) is 1. The zero-order chi connectivity index (χ0) is 13.5. The Morgan fingerprint density at radius 3 is 2.58 bits per heavy atom. The molecule has 0 radical (unpaired) electrons. The van der Waals surface area contributed by atoms with Gasteiger partial charge in [-0.1, -0.05) is 12.1 Å². The van der Waals surface area contributed by atoms with Crippen LogP contribution in [0.4, 0.5) is 4.39 Å². The Bertz CT molecular complexity index is 445. The van der Waals surface area contributed by atoms with Crippen LogP contribution in [-0.2, 0) is 6.42 Å². The van der Waals surface area contributed by atoms with Crippen molar-refractivity contribution in [2.75, 3.05) is 13.1 Å². The molecule has 1 aromatic carbocycles. The van der Waals surface area contributed by atoms with Crippen molar-refractivity contribution in [1.82, 2.24) is 4.90 Å². The summed E-state index contributed by atoms with van der Waals surface area (Å²) in [5, 5.41) is 0. The number of rotatable bonds is 4. The number of likely N-dealkylation sites (tertiary alicyclic amines) is 1. The molecule has 1 aliphatic heterocycles. The van der Waals surface area contributed by atoms with Gasteiger partial charge in [-0.25, -0.2) is 4.39 Å². The maximum absolute atomic E-state index is 13.0. The van der Waals surface area contributed by atoms with Crippen LogP contribution in [0.15, 0.2) is 24.3 Å². The Labute approximate surface area is 114 Å². The summed E-state index contributed by atoms with van der Waals surface area (Å²) in [5.74, 6) is 0.711. The van der Waals surface area contributed by atoms with E-state index in [1.165, 1.54) is 31.4 Å². The zero-order valence-electron chi connectivity index (χ0n) is 11.6. The molecule has 3 atom stereocenters. The lowest BCUT2D eigenvalue weighted by molar-refractivity contribution is 0.0746. The smallest absolute Gasteiger partial charge is 0.123 e. The number of nitrogens with two attached hydrogens (primary N) is 1. The molecule has 1 aromatic rings. The third-order valence-corrected chi connectivity index (χ3v) is 5.04. The van der Waals surface area contributed by atoms with Crippen molar-refractivity contribution in [3.63, 3.8) is 0 Å². The highest BCUT2D eigenvalue weighted by atomic mass is 19.1. The molecule has 1 saturated heterocycles. The molecule has 1 heterocycles. The highest BCUT2D eigenvalue weighted by Crippen LogP contribution is 2.41. The molecule has 2 aliphatic rings. The van der Waals surface area contributed by atoms with Gasteiger partial charge >= 0.3 is 0 Å². The number of halogens is 1. The Hall–Kier alpha value is -0.930. The second kappa shape index (κ2) is 4.88. The minimum Gasteiger partial charge on any atom is -0.329 e. The molecule has 0 aromatic heterocycles. The summed E-state index contributed by atoms with van der Waals surface area (Å²) in [6.45, 7) is 4.12. The van der Waals surface area contributed by atoms with E-state index < -0.39 is 0 Å². The van der Waals surface area contributed by atoms with Crippen LogP contribution < -0.4 is 5.73 Å². The summed E-state index contributed by atoms with van der Waals surface area (Å²) in [6, 6.07) is 7.58. The minimum absolute atomic E-state index is 0.0116. The van der Waals surface area contributed by atoms with Crippen molar-refractivity contribution in [3.8, 4) is 0 Å². The summed E-state index contributed by atoms with van der Waals surface area (Å²) >= 11 is 0. The van der Waals surface area contributed by atoms with Crippen LogP contribution >= 0.6 is 0 Å². The minimum atomic E-state index is -0.168. The fourth-order valence-electron chi connectivity index (χ4n) is 3.92. The average Bonchev–Trinajstić information content (AvgIpc) is 3.04. The lowest BCUT2D eigenvalue weighted by atomic mass is 9.89. The van der Waals surface area contributed by atoms with Crippen molar-refractivity contribution >= 4 is 0 Å². The van der Waals surface area contributed by atoms with E-state index in [0.29, 0.717) is 6.54 Å². The first-order valence-electron chi connectivity index (χ1n) is 7.32. The SMILES string of the molecule is CC(CN)(Cc1ccc(F)cc1)N1CC2CCC1C2. The van der Waals surface area contributed by atoms with Gasteiger partial charge in [-0.2, -0.15) is 0 Å². The first kappa shape index (κ1) is 13.1. The van der Waals surface area contributed by atoms with E-state index >= 15 is 0 Å². The monoisotopic (exact) mass is 262 g/mol. The Kier molecular flexibility index (Phi) is 3.35. The Morgan fingerprint density at radius 1 is 1.32 bits per heavy atom. The summed E-state index contributed by atoms with van der Waals surface area (Å²) in [6.07, 6.45) is 4.97. The lowest BCUT2D eigenvalue weighted by Gasteiger charge is -2.43. The predicted octanol–water partition coefficient (Wildman–Crippen LogP) is 2.57. The number of nitrogens with zero attached hydrogens (tertiary/aromatic N) is 1. The fourth-order valence-corrected chi connectivity index (χ4v) is 3.92. The quantitative estimate of drug-likeness (QED) is 0.903. The van der Waals surface area contributed by atoms with E-state index in [0.717, 1.165) is 18.4 Å². The normalized spacial score (nSPS) is 29.6. The number of benzene rings is 1. The van der Waals surface area contributed by atoms with Crippen LogP contribution in [0.1, 0.15) is 31.7 Å². The molecule has 3 unspecified atom stereocenters. The number of hydrogen-bond acceptors (Lipinski definition) is 2. The molecule has 2 fully saturated rings. The Morgan fingerprint density at radius 2 is 2.05 bits per heavy atom. The maximum Gasteiger partial charge on any atom is 0.123 e. The zero-order valence-corrected chi connectivity index (χ0v) is 11.6. The van der Waals surface area contributed by atoms with Gasteiger partial charge in [0.1, 0.15) is 5.82 Å². The molecule has 1 aliphatic carbocycles. The highest BCUT2D eigenvalue weighted by Gasteiger charge is 2.45. The molecular weight excluding hydrogens is 239 g/mol. The van der Waals surface area contributed by atoms with Crippen molar-refractivity contribution in [2.45, 2.75) is 44.2 Å². The summed E-state index contributed by atoms with van der Waals surface area (Å²) in [7, 11) is 0. The van der Waals surface area contributed by atoms with Gasteiger partial charge in [0, 0.05) is 24.7 Å². The first-order valence-corrected chi connectivity index (χ1v) is 7.32. The largest absolute Gasteiger partial charge is 0.329 e. The van der Waals surface area contributed by atoms with Gasteiger partial charge in [0.15, 0.2) is 0 Å². The van der Waals surface area contributed by atoms with Crippen molar-refractivity contribution in [2.24, 2.45) is 11.7 Å². The second-order valence-electron chi connectivity index (χ2n) is 6.49. The third kappa shape index (κ3) is 2.41. The van der Waals surface area contributed by atoms with Gasteiger partial charge in [-0.15, -0.1) is 0 Å². The van der Waals surface area contributed by atoms with E-state index in [2.05, 4.69) is 11.8 Å². The van der Waals surface area contributed by atoms with Gasteiger partial charge in [0.05, 0.1) is 0 Å². The van der Waals surface area contributed by atoms with Crippen LogP contribution in [-0.4, -0.2) is 29.6 Å². The molecule has 0 spiro atoms. The fraction of sp³-hybridized carbons (Fsp3) is 0.625. The standard InChI is InChI=1S/C16H23FN2/c1-16(11-18,9-12-2-5-14(17)6-3-12)19-10-13-4-7-15(19)8-13/h2-3,5-6,13,15H,4,7-11,18H2,1H3. The second-order valence-corrected chi connectivity index (χ2v) is 6.49. The van der Waals surface area contributed by atoms with Crippen LogP contribution in [0.5, 0.6) is 0 Å². The van der Waals surface area contributed by atoms with Crippen molar-refractivity contribution < 1.29 is 4.39 Å². The van der Waals surface area contributed by atoms with Gasteiger partial charge in [-0.05, 0) is 56.2 Å². The maximum atomic E-state index is 13.0.